The molecule has 0 aromatic rings. The van der Waals surface area contributed by atoms with Crippen molar-refractivity contribution in [1.29, 1.82) is 0 Å². The van der Waals surface area contributed by atoms with Crippen molar-refractivity contribution < 1.29 is 5.11 Å². The van der Waals surface area contributed by atoms with Gasteiger partial charge in [-0.15, -0.1) is 0 Å². The van der Waals surface area contributed by atoms with Crippen LogP contribution >= 0.6 is 0 Å². The zero-order chi connectivity index (χ0) is 4.41. The molecule has 44 valence electrons. The second-order valence-electron chi connectivity index (χ2n) is 1.65. The third-order valence-electron chi connectivity index (χ3n) is 1.03. The van der Waals surface area contributed by atoms with Gasteiger partial charge in [-0.25, -0.2) is 0 Å². The van der Waals surface area contributed by atoms with Crippen LogP contribution in [0.25, 0.3) is 0 Å². The molecular formula is C5H13NO. The minimum absolute atomic E-state index is 0. The van der Waals surface area contributed by atoms with Crippen molar-refractivity contribution in [2.75, 3.05) is 13.1 Å². The van der Waals surface area contributed by atoms with E-state index < -0.39 is 0 Å². The van der Waals surface area contributed by atoms with Gasteiger partial charge >= 0.3 is 0 Å². The molecule has 1 saturated heterocycles. The smallest absolute Gasteiger partial charge is 0.0676 e. The molecule has 7 heavy (non-hydrogen) atoms. The Morgan fingerprint density at radius 3 is 2.43 bits per heavy atom. The maximum absolute atomic E-state index is 8.67. The molecule has 1 atom stereocenters. The molecule has 2 N–H and O–H groups in total. The lowest BCUT2D eigenvalue weighted by Crippen LogP contribution is -2.11. The molecule has 0 amide bonds. The summed E-state index contributed by atoms with van der Waals surface area (Å²) < 4.78 is 0. The highest BCUT2D eigenvalue weighted by molar-refractivity contribution is 4.67. The van der Waals surface area contributed by atoms with Gasteiger partial charge in [0.25, 0.3) is 0 Å². The van der Waals surface area contributed by atoms with E-state index in [1.54, 1.807) is 0 Å². The van der Waals surface area contributed by atoms with E-state index in [4.69, 9.17) is 5.11 Å². The summed E-state index contributed by atoms with van der Waals surface area (Å²) in [7, 11) is 0. The van der Waals surface area contributed by atoms with Crippen molar-refractivity contribution in [2.24, 2.45) is 0 Å². The Hall–Kier alpha value is -0.0800. The normalized spacial score (nSPS) is 29.6. The van der Waals surface area contributed by atoms with E-state index in [0.29, 0.717) is 0 Å². The first-order valence-electron chi connectivity index (χ1n) is 2.28. The Kier molecular flexibility index (Phi) is 2.96. The van der Waals surface area contributed by atoms with Gasteiger partial charge in [-0.2, -0.15) is 0 Å². The average molecular weight is 103 g/mol. The predicted molar refractivity (Wildman–Crippen MR) is 30.2 cm³/mol. The van der Waals surface area contributed by atoms with Crippen molar-refractivity contribution in [3.8, 4) is 0 Å². The van der Waals surface area contributed by atoms with E-state index in [1.807, 2.05) is 0 Å². The van der Waals surface area contributed by atoms with Gasteiger partial charge < -0.3 is 10.4 Å². The van der Waals surface area contributed by atoms with Crippen LogP contribution in [0.15, 0.2) is 0 Å². The number of β-amino-alcohol motifs (C(OH)–C–C–N with tert-alkyl or cyclic N) is 1. The van der Waals surface area contributed by atoms with E-state index in [2.05, 4.69) is 5.32 Å². The van der Waals surface area contributed by atoms with Crippen LogP contribution in [0.2, 0.25) is 0 Å². The topological polar surface area (TPSA) is 32.3 Å². The molecule has 0 saturated carbocycles. The van der Waals surface area contributed by atoms with Crippen molar-refractivity contribution in [3.05, 3.63) is 0 Å². The van der Waals surface area contributed by atoms with Crippen molar-refractivity contribution in [2.45, 2.75) is 20.0 Å². The predicted octanol–water partition coefficient (Wildman–Crippen LogP) is -0.0233. The van der Waals surface area contributed by atoms with Gasteiger partial charge in [0.1, 0.15) is 0 Å². The van der Waals surface area contributed by atoms with Gasteiger partial charge in [0.2, 0.25) is 0 Å². The molecule has 2 heteroatoms. The Labute approximate surface area is 44.5 Å². The molecule has 0 aromatic carbocycles. The highest BCUT2D eigenvalue weighted by Crippen LogP contribution is 1.93. The van der Waals surface area contributed by atoms with Crippen LogP contribution in [0.4, 0.5) is 0 Å². The summed E-state index contributed by atoms with van der Waals surface area (Å²) in [6, 6.07) is 0. The lowest BCUT2D eigenvalue weighted by atomic mass is 10.3. The van der Waals surface area contributed by atoms with Crippen molar-refractivity contribution in [3.63, 3.8) is 0 Å². The second-order valence-corrected chi connectivity index (χ2v) is 1.65. The summed E-state index contributed by atoms with van der Waals surface area (Å²) in [6.45, 7) is 1.78. The summed E-state index contributed by atoms with van der Waals surface area (Å²) in [4.78, 5) is 0. The quantitative estimate of drug-likeness (QED) is 0.451. The van der Waals surface area contributed by atoms with E-state index >= 15 is 0 Å². The summed E-state index contributed by atoms with van der Waals surface area (Å²) >= 11 is 0. The number of rotatable bonds is 0. The molecule has 0 radical (unpaired) electrons. The Bertz CT molecular complexity index is 41.3. The molecular weight excluding hydrogens is 90.1 g/mol. The van der Waals surface area contributed by atoms with Crippen molar-refractivity contribution in [1.82, 2.24) is 5.32 Å². The number of hydrogen-bond acceptors (Lipinski definition) is 2. The summed E-state index contributed by atoms with van der Waals surface area (Å²) in [6.07, 6.45) is 0.866. The first kappa shape index (κ1) is 6.92. The van der Waals surface area contributed by atoms with Gasteiger partial charge in [-0.1, -0.05) is 7.43 Å². The van der Waals surface area contributed by atoms with Crippen LogP contribution in [0, 0.1) is 0 Å². The summed E-state index contributed by atoms with van der Waals surface area (Å²) in [5.74, 6) is 0. The Balaban J connectivity index is 0.000000360. The number of aliphatic hydroxyl groups excluding tert-OH is 1. The zero-order valence-electron chi connectivity index (χ0n) is 3.65. The highest BCUT2D eigenvalue weighted by atomic mass is 16.3. The standard InChI is InChI=1S/C4H9NO.CH4/c6-4-1-2-5-3-4;/h4-6H,1-3H2;1H4. The molecule has 1 heterocycles. The van der Waals surface area contributed by atoms with Crippen LogP contribution in [-0.4, -0.2) is 24.3 Å². The highest BCUT2D eigenvalue weighted by Gasteiger charge is 2.08. The zero-order valence-corrected chi connectivity index (χ0v) is 3.65. The van der Waals surface area contributed by atoms with E-state index in [0.717, 1.165) is 19.5 Å². The van der Waals surface area contributed by atoms with Gasteiger partial charge in [0.15, 0.2) is 0 Å². The molecule has 0 bridgehead atoms. The molecule has 1 aliphatic rings. The SMILES string of the molecule is C.OC1CCNC1. The fourth-order valence-electron chi connectivity index (χ4n) is 0.639. The molecule has 1 unspecified atom stereocenters. The average Bonchev–Trinajstić information content (AvgIpc) is 1.86. The Morgan fingerprint density at radius 2 is 2.29 bits per heavy atom. The van der Waals surface area contributed by atoms with E-state index in [-0.39, 0.29) is 13.5 Å². The van der Waals surface area contributed by atoms with Crippen LogP contribution in [0.1, 0.15) is 13.8 Å². The first-order valence-corrected chi connectivity index (χ1v) is 2.28. The maximum Gasteiger partial charge on any atom is 0.0676 e. The molecule has 1 fully saturated rings. The molecule has 1 rings (SSSR count). The molecule has 0 spiro atoms. The monoisotopic (exact) mass is 103 g/mol. The fraction of sp³-hybridized carbons (Fsp3) is 1.00. The van der Waals surface area contributed by atoms with Gasteiger partial charge in [-0.05, 0) is 13.0 Å². The van der Waals surface area contributed by atoms with Crippen LogP contribution in [0.5, 0.6) is 0 Å². The van der Waals surface area contributed by atoms with Crippen LogP contribution in [-0.2, 0) is 0 Å². The number of aliphatic hydroxyl groups is 1. The van der Waals surface area contributed by atoms with Crippen LogP contribution in [0.3, 0.4) is 0 Å². The third kappa shape index (κ3) is 1.90. The minimum atomic E-state index is -0.0648. The number of hydrogen-bond donors (Lipinski definition) is 2. The summed E-state index contributed by atoms with van der Waals surface area (Å²) in [5, 5.41) is 11.7. The van der Waals surface area contributed by atoms with Gasteiger partial charge in [0.05, 0.1) is 6.10 Å². The lowest BCUT2D eigenvalue weighted by Gasteiger charge is -1.90. The largest absolute Gasteiger partial charge is 0.392 e. The van der Waals surface area contributed by atoms with Gasteiger partial charge in [-0.3, -0.25) is 0 Å². The maximum atomic E-state index is 8.67. The Morgan fingerprint density at radius 1 is 1.57 bits per heavy atom. The van der Waals surface area contributed by atoms with Crippen LogP contribution < -0.4 is 5.32 Å². The molecule has 2 nitrogen and oxygen atoms in total. The first-order chi connectivity index (χ1) is 2.89. The van der Waals surface area contributed by atoms with Gasteiger partial charge in [0, 0.05) is 6.54 Å². The molecule has 1 aliphatic heterocycles. The van der Waals surface area contributed by atoms with E-state index in [9.17, 15) is 0 Å². The van der Waals surface area contributed by atoms with Crippen molar-refractivity contribution >= 4 is 0 Å². The second kappa shape index (κ2) is 2.99. The fourth-order valence-corrected chi connectivity index (χ4v) is 0.639. The molecule has 0 aromatic heterocycles. The molecule has 0 aliphatic carbocycles. The van der Waals surface area contributed by atoms with E-state index in [1.165, 1.54) is 0 Å². The minimum Gasteiger partial charge on any atom is -0.392 e. The third-order valence-corrected chi connectivity index (χ3v) is 1.03. The number of nitrogens with one attached hydrogen (secondary N) is 1. The lowest BCUT2D eigenvalue weighted by molar-refractivity contribution is 0.196. The summed E-state index contributed by atoms with van der Waals surface area (Å²) in [5.41, 5.74) is 0.